The number of thiazole rings is 1. The number of phenolic OH excluding ortho intramolecular Hbond substituents is 1. The van der Waals surface area contributed by atoms with Gasteiger partial charge in [0.1, 0.15) is 22.1 Å². The second-order valence-corrected chi connectivity index (χ2v) is 17.2. The van der Waals surface area contributed by atoms with Gasteiger partial charge < -0.3 is 30.6 Å². The third kappa shape index (κ3) is 18.8. The fourth-order valence-corrected chi connectivity index (χ4v) is 8.77. The van der Waals surface area contributed by atoms with Crippen molar-refractivity contribution in [2.24, 2.45) is 17.6 Å². The van der Waals surface area contributed by atoms with Gasteiger partial charge in [0.05, 0.1) is 39.2 Å². The number of ether oxygens (including phenoxy) is 1. The van der Waals surface area contributed by atoms with Crippen LogP contribution in [0.3, 0.4) is 0 Å². The van der Waals surface area contributed by atoms with Crippen LogP contribution in [0, 0.1) is 25.7 Å². The van der Waals surface area contributed by atoms with Gasteiger partial charge in [-0.25, -0.2) is 9.78 Å². The van der Waals surface area contributed by atoms with E-state index in [0.717, 1.165) is 102 Å². The zero-order chi connectivity index (χ0) is 48.4. The van der Waals surface area contributed by atoms with Crippen molar-refractivity contribution in [2.45, 2.75) is 111 Å². The van der Waals surface area contributed by atoms with Gasteiger partial charge in [0.2, 0.25) is 0 Å². The number of anilines is 2. The first-order valence-electron chi connectivity index (χ1n) is 21.0. The lowest BCUT2D eigenvalue weighted by Crippen LogP contribution is -2.24. The monoisotopic (exact) mass is 986 g/mol. The SMILES string of the molecule is CCC1CCC(=O)C(Br)C1.CCCC(N)=S.CCNc1cc(O)c(C=O)cc1C.CCNc1cc2oc(=O)c(-c3nc4c(s3)CC(C(=O)OCC)CC4)cc2cc1C.O=C=O.O=C=O. The predicted molar refractivity (Wildman–Crippen MR) is 254 cm³/mol. The zero-order valence-corrected chi connectivity index (χ0v) is 40.6. The lowest BCUT2D eigenvalue weighted by atomic mass is 9.87. The number of aldehydes is 1. The Kier molecular flexibility index (Phi) is 27.1. The highest BCUT2D eigenvalue weighted by Gasteiger charge is 2.29. The van der Waals surface area contributed by atoms with E-state index in [2.05, 4.69) is 52.6 Å². The van der Waals surface area contributed by atoms with Gasteiger partial charge in [-0.2, -0.15) is 19.2 Å². The van der Waals surface area contributed by atoms with Crippen molar-refractivity contribution < 1.29 is 47.8 Å². The maximum absolute atomic E-state index is 12.7. The first kappa shape index (κ1) is 56.6. The van der Waals surface area contributed by atoms with Crippen molar-refractivity contribution >= 4 is 97.2 Å². The number of aryl methyl sites for hydroxylation is 3. The molecule has 2 aromatic carbocycles. The van der Waals surface area contributed by atoms with E-state index in [1.165, 1.54) is 17.8 Å². The van der Waals surface area contributed by atoms with Crippen molar-refractivity contribution in [2.75, 3.05) is 30.3 Å². The number of carbonyl (C=O) groups is 3. The molecule has 2 aliphatic rings. The van der Waals surface area contributed by atoms with Gasteiger partial charge in [0.25, 0.3) is 0 Å². The number of hydrogen-bond acceptors (Lipinski definition) is 16. The minimum Gasteiger partial charge on any atom is -0.507 e. The summed E-state index contributed by atoms with van der Waals surface area (Å²) >= 11 is 9.43. The summed E-state index contributed by atoms with van der Waals surface area (Å²) in [5, 5.41) is 17.3. The van der Waals surface area contributed by atoms with Crippen LogP contribution in [-0.4, -0.2) is 69.9 Å². The van der Waals surface area contributed by atoms with Crippen LogP contribution in [0.1, 0.15) is 112 Å². The first-order valence-corrected chi connectivity index (χ1v) is 23.1. The first-order chi connectivity index (χ1) is 30.5. The molecule has 0 aliphatic heterocycles. The number of halogens is 1. The minimum atomic E-state index is -0.392. The molecule has 3 atom stereocenters. The molecule has 0 bridgehead atoms. The molecule has 6 rings (SSSR count). The third-order valence-electron chi connectivity index (χ3n) is 9.87. The number of nitrogens with two attached hydrogens (primary N) is 1. The highest BCUT2D eigenvalue weighted by Crippen LogP contribution is 2.35. The van der Waals surface area contributed by atoms with Crippen LogP contribution in [0.4, 0.5) is 11.4 Å². The third-order valence-corrected chi connectivity index (χ3v) is 12.1. The van der Waals surface area contributed by atoms with Crippen LogP contribution in [0.2, 0.25) is 0 Å². The van der Waals surface area contributed by atoms with E-state index in [1.54, 1.807) is 12.1 Å². The van der Waals surface area contributed by atoms with Crippen LogP contribution in [-0.2, 0) is 46.3 Å². The number of rotatable bonds is 11. The smallest absolute Gasteiger partial charge is 0.373 e. The molecule has 4 aromatic rings. The van der Waals surface area contributed by atoms with Gasteiger partial charge in [-0.1, -0.05) is 48.4 Å². The Labute approximate surface area is 391 Å². The Balaban J connectivity index is 0.000000482. The van der Waals surface area contributed by atoms with E-state index >= 15 is 0 Å². The number of aromatic nitrogens is 1. The number of carbonyl (C=O) groups excluding carboxylic acids is 7. The zero-order valence-electron chi connectivity index (χ0n) is 37.4. The second-order valence-electron chi connectivity index (χ2n) is 14.5. The quantitative estimate of drug-likeness (QED) is 0.0361. The normalized spacial score (nSPS) is 15.6. The summed E-state index contributed by atoms with van der Waals surface area (Å²) in [5.41, 5.74) is 11.0. The van der Waals surface area contributed by atoms with Crippen molar-refractivity contribution in [3.05, 3.63) is 68.0 Å². The number of nitrogens with zero attached hydrogens (tertiary/aromatic N) is 1. The predicted octanol–water partition coefficient (Wildman–Crippen LogP) is 8.70. The maximum Gasteiger partial charge on any atom is 0.373 e. The molecule has 5 N–H and O–H groups in total. The molecule has 64 heavy (non-hydrogen) atoms. The molecule has 18 heteroatoms. The lowest BCUT2D eigenvalue weighted by Gasteiger charge is -2.23. The van der Waals surface area contributed by atoms with E-state index in [9.17, 15) is 24.3 Å². The number of esters is 1. The number of benzene rings is 2. The van der Waals surface area contributed by atoms with Crippen molar-refractivity contribution in [3.8, 4) is 16.3 Å². The summed E-state index contributed by atoms with van der Waals surface area (Å²) in [6, 6.07) is 8.99. The largest absolute Gasteiger partial charge is 0.507 e. The molecule has 1 fully saturated rings. The van der Waals surface area contributed by atoms with E-state index in [-0.39, 0.29) is 34.8 Å². The molecule has 15 nitrogen and oxygen atoms in total. The van der Waals surface area contributed by atoms with Gasteiger partial charge in [-0.3, -0.25) is 14.4 Å². The Bertz CT molecular complexity index is 2270. The average Bonchev–Trinajstić information content (AvgIpc) is 3.68. The second kappa shape index (κ2) is 30.7. The number of Topliss-reactive ketones (excluding diaryl/α,β-unsaturated/α-hetero) is 1. The molecule has 3 unspecified atom stereocenters. The molecular weight excluding hydrogens is 929 g/mol. The maximum atomic E-state index is 12.7. The number of fused-ring (bicyclic) bond motifs is 2. The summed E-state index contributed by atoms with van der Waals surface area (Å²) < 4.78 is 10.8. The average molecular weight is 988 g/mol. The van der Waals surface area contributed by atoms with Crippen molar-refractivity contribution in [1.29, 1.82) is 0 Å². The topological polar surface area (TPSA) is 242 Å². The van der Waals surface area contributed by atoms with E-state index in [0.29, 0.717) is 51.8 Å². The van der Waals surface area contributed by atoms with Gasteiger partial charge in [-0.05, 0) is 115 Å². The van der Waals surface area contributed by atoms with Crippen LogP contribution in [0.15, 0.2) is 39.5 Å². The molecule has 0 radical (unpaired) electrons. The molecule has 2 heterocycles. The van der Waals surface area contributed by atoms with Crippen LogP contribution >= 0.6 is 39.5 Å². The molecule has 0 amide bonds. The van der Waals surface area contributed by atoms with Crippen LogP contribution < -0.4 is 22.0 Å². The highest BCUT2D eigenvalue weighted by molar-refractivity contribution is 9.10. The number of thiocarbonyl (C=S) groups is 1. The number of alkyl halides is 1. The number of ketones is 1. The van der Waals surface area contributed by atoms with E-state index < -0.39 is 5.63 Å². The fourth-order valence-electron chi connectivity index (χ4n) is 6.62. The lowest BCUT2D eigenvalue weighted by molar-refractivity contribution is -0.193. The molecule has 2 aromatic heterocycles. The van der Waals surface area contributed by atoms with Gasteiger partial charge in [-0.15, -0.1) is 11.3 Å². The Morgan fingerprint density at radius 2 is 1.59 bits per heavy atom. The molecule has 348 valence electrons. The summed E-state index contributed by atoms with van der Waals surface area (Å²) in [6.07, 6.45) is 9.34. The number of hydrogen-bond donors (Lipinski definition) is 4. The standard InChI is InChI=1S/C22H24N2O4S.C10H13NO2.C8H13BrO.C4H9NS.2CO2/c1-4-23-17-11-18-14(8-12(17)3)9-15(22(26)28-18)20-24-16-7-6-13(10-19(16)29-20)21(25)27-5-2;1-3-11-9-5-10(13)8(6-12)4-7(9)2;1-2-6-3-4-8(10)7(9)5-6;1-2-3-4(5)6;2*2-1-3/h8-9,11,13,23H,4-7,10H2,1-3H3;4-6,11,13H,3H2,1-2H3;6-7H,2-5H2,1H3;2-3H2,1H3,(H2,5,6);;. The Hall–Kier alpha value is -5.38. The summed E-state index contributed by atoms with van der Waals surface area (Å²) in [4.78, 5) is 85.3. The van der Waals surface area contributed by atoms with Crippen LogP contribution in [0.25, 0.3) is 21.5 Å². The van der Waals surface area contributed by atoms with Crippen molar-refractivity contribution in [1.82, 2.24) is 4.98 Å². The van der Waals surface area contributed by atoms with Gasteiger partial charge in [0.15, 0.2) is 6.29 Å². The molecule has 2 aliphatic carbocycles. The molecule has 0 spiro atoms. The molecule has 0 saturated heterocycles. The summed E-state index contributed by atoms with van der Waals surface area (Å²) in [6.45, 7) is 16.0. The fraction of sp³-hybridized carbons (Fsp3) is 0.478. The summed E-state index contributed by atoms with van der Waals surface area (Å²) in [7, 11) is 0. The molecule has 1 saturated carbocycles. The summed E-state index contributed by atoms with van der Waals surface area (Å²) in [5.74, 6) is 0.921. The Morgan fingerprint density at radius 3 is 2.11 bits per heavy atom. The van der Waals surface area contributed by atoms with E-state index in [1.807, 2.05) is 52.8 Å². The number of nitrogens with one attached hydrogen (secondary N) is 2. The van der Waals surface area contributed by atoms with Gasteiger partial charge >= 0.3 is 23.9 Å². The van der Waals surface area contributed by atoms with Crippen LogP contribution in [0.5, 0.6) is 5.75 Å². The number of phenols is 1. The Morgan fingerprint density at radius 1 is 0.984 bits per heavy atom. The van der Waals surface area contributed by atoms with Crippen molar-refractivity contribution in [3.63, 3.8) is 0 Å². The van der Waals surface area contributed by atoms with Gasteiger partial charge in [0, 0.05) is 53.3 Å². The molecular formula is C46H59BrN4O11S2. The minimum absolute atomic E-state index is 0.0246. The highest BCUT2D eigenvalue weighted by atomic mass is 79.9. The van der Waals surface area contributed by atoms with E-state index in [4.69, 9.17) is 39.0 Å². The number of aromatic hydroxyl groups is 1.